The molecule has 5 nitrogen and oxygen atoms in total. The Hall–Kier alpha value is -3.16. The van der Waals surface area contributed by atoms with E-state index < -0.39 is 0 Å². The highest BCUT2D eigenvalue weighted by atomic mass is 32.2. The van der Waals surface area contributed by atoms with Crippen molar-refractivity contribution in [2.45, 2.75) is 18.7 Å². The molecule has 0 aliphatic carbocycles. The second kappa shape index (κ2) is 9.32. The maximum Gasteiger partial charge on any atom is 0.255 e. The van der Waals surface area contributed by atoms with E-state index in [2.05, 4.69) is 21.7 Å². The van der Waals surface area contributed by atoms with Crippen LogP contribution in [0.1, 0.15) is 21.5 Å². The Balaban J connectivity index is 1.35. The molecule has 1 heterocycles. The predicted molar refractivity (Wildman–Crippen MR) is 129 cm³/mol. The predicted octanol–water partition coefficient (Wildman–Crippen LogP) is 5.90. The van der Waals surface area contributed by atoms with Gasteiger partial charge in [0.15, 0.2) is 5.13 Å². The summed E-state index contributed by atoms with van der Waals surface area (Å²) in [5.41, 5.74) is 4.31. The number of carbonyl (C=O) groups is 2. The Labute approximate surface area is 188 Å². The second-order valence-corrected chi connectivity index (χ2v) is 9.20. The minimum Gasteiger partial charge on any atom is -0.322 e. The number of carbonyl (C=O) groups excluding carboxylic acids is 2. The van der Waals surface area contributed by atoms with Crippen LogP contribution in [0.3, 0.4) is 0 Å². The molecule has 31 heavy (non-hydrogen) atoms. The van der Waals surface area contributed by atoms with Gasteiger partial charge in [0.2, 0.25) is 5.91 Å². The minimum atomic E-state index is -0.149. The summed E-state index contributed by atoms with van der Waals surface area (Å²) in [5.74, 6) is -0.0105. The second-order valence-electron chi connectivity index (χ2n) is 7.12. The summed E-state index contributed by atoms with van der Waals surface area (Å²) in [6.07, 6.45) is 0. The van der Waals surface area contributed by atoms with Crippen molar-refractivity contribution in [3.05, 3.63) is 83.4 Å². The third-order valence-electron chi connectivity index (χ3n) is 4.64. The molecule has 4 rings (SSSR count). The number of hydrogen-bond donors (Lipinski definition) is 2. The number of thioether (sulfide) groups is 1. The molecule has 0 spiro atoms. The molecule has 0 atom stereocenters. The minimum absolute atomic E-state index is 0.116. The lowest BCUT2D eigenvalue weighted by Crippen LogP contribution is -2.14. The number of fused-ring (bicyclic) bond motifs is 1. The standard InChI is InChI=1S/C24H21N3O2S2/c1-15-10-11-20-21(12-15)31-24(26-20)27-22(28)14-30-18-8-5-7-17(13-18)25-23(29)19-9-4-3-6-16(19)2/h3-13H,14H2,1-2H3,(H,25,29)(H,26,27,28). The monoisotopic (exact) mass is 447 g/mol. The quantitative estimate of drug-likeness (QED) is 0.361. The fourth-order valence-electron chi connectivity index (χ4n) is 3.08. The zero-order valence-corrected chi connectivity index (χ0v) is 18.8. The molecule has 2 amide bonds. The van der Waals surface area contributed by atoms with E-state index in [0.29, 0.717) is 16.4 Å². The first-order chi connectivity index (χ1) is 15.0. The third-order valence-corrected chi connectivity index (χ3v) is 6.57. The molecule has 0 aliphatic rings. The van der Waals surface area contributed by atoms with Crippen LogP contribution >= 0.6 is 23.1 Å². The van der Waals surface area contributed by atoms with Gasteiger partial charge in [-0.05, 0) is 61.4 Å². The first-order valence-electron chi connectivity index (χ1n) is 9.75. The van der Waals surface area contributed by atoms with E-state index in [4.69, 9.17) is 0 Å². The van der Waals surface area contributed by atoms with Crippen LogP contribution < -0.4 is 10.6 Å². The zero-order valence-electron chi connectivity index (χ0n) is 17.1. The SMILES string of the molecule is Cc1ccc2nc(NC(=O)CSc3cccc(NC(=O)c4ccccc4C)c3)sc2c1. The number of nitrogens with one attached hydrogen (secondary N) is 2. The van der Waals surface area contributed by atoms with Gasteiger partial charge in [-0.3, -0.25) is 9.59 Å². The van der Waals surface area contributed by atoms with Crippen molar-refractivity contribution in [1.29, 1.82) is 0 Å². The molecule has 3 aromatic carbocycles. The van der Waals surface area contributed by atoms with Crippen LogP contribution in [0, 0.1) is 13.8 Å². The molecule has 0 radical (unpaired) electrons. The summed E-state index contributed by atoms with van der Waals surface area (Å²) in [5, 5.41) is 6.40. The van der Waals surface area contributed by atoms with Crippen molar-refractivity contribution in [2.75, 3.05) is 16.4 Å². The van der Waals surface area contributed by atoms with Gasteiger partial charge in [0, 0.05) is 16.1 Å². The number of aromatic nitrogens is 1. The van der Waals surface area contributed by atoms with E-state index >= 15 is 0 Å². The molecule has 0 bridgehead atoms. The normalized spacial score (nSPS) is 10.8. The average molecular weight is 448 g/mol. The Morgan fingerprint density at radius 2 is 1.81 bits per heavy atom. The average Bonchev–Trinajstić information content (AvgIpc) is 3.14. The number of thiazole rings is 1. The van der Waals surface area contributed by atoms with Gasteiger partial charge in [-0.15, -0.1) is 11.8 Å². The molecule has 7 heteroatoms. The smallest absolute Gasteiger partial charge is 0.255 e. The van der Waals surface area contributed by atoms with Crippen molar-refractivity contribution < 1.29 is 9.59 Å². The molecule has 0 unspecified atom stereocenters. The highest BCUT2D eigenvalue weighted by molar-refractivity contribution is 8.00. The molecule has 156 valence electrons. The van der Waals surface area contributed by atoms with Crippen molar-refractivity contribution in [2.24, 2.45) is 0 Å². The number of amides is 2. The molecule has 0 aliphatic heterocycles. The summed E-state index contributed by atoms with van der Waals surface area (Å²) in [6, 6.07) is 21.0. The highest BCUT2D eigenvalue weighted by Gasteiger charge is 2.11. The topological polar surface area (TPSA) is 71.1 Å². The van der Waals surface area contributed by atoms with E-state index in [-0.39, 0.29) is 17.6 Å². The summed E-state index contributed by atoms with van der Waals surface area (Å²) in [4.78, 5) is 30.3. The van der Waals surface area contributed by atoms with Crippen LogP contribution in [0.25, 0.3) is 10.2 Å². The van der Waals surface area contributed by atoms with Crippen LogP contribution in [0.5, 0.6) is 0 Å². The van der Waals surface area contributed by atoms with Crippen LogP contribution in [0.4, 0.5) is 10.8 Å². The van der Waals surface area contributed by atoms with E-state index in [1.165, 1.54) is 28.7 Å². The Morgan fingerprint density at radius 1 is 0.968 bits per heavy atom. The van der Waals surface area contributed by atoms with Gasteiger partial charge in [-0.2, -0.15) is 0 Å². The van der Waals surface area contributed by atoms with E-state index in [1.54, 1.807) is 6.07 Å². The molecule has 4 aromatic rings. The summed E-state index contributed by atoms with van der Waals surface area (Å²) >= 11 is 2.88. The number of anilines is 2. The summed E-state index contributed by atoms with van der Waals surface area (Å²) < 4.78 is 1.06. The van der Waals surface area contributed by atoms with Gasteiger partial charge in [0.25, 0.3) is 5.91 Å². The van der Waals surface area contributed by atoms with Gasteiger partial charge in [0.1, 0.15) is 0 Å². The van der Waals surface area contributed by atoms with Gasteiger partial charge < -0.3 is 10.6 Å². The first kappa shape index (κ1) is 21.1. The number of benzene rings is 3. The Kier molecular flexibility index (Phi) is 6.34. The lowest BCUT2D eigenvalue weighted by Gasteiger charge is -2.09. The number of aryl methyl sites for hydroxylation is 2. The van der Waals surface area contributed by atoms with E-state index in [0.717, 1.165) is 20.7 Å². The Morgan fingerprint density at radius 3 is 2.65 bits per heavy atom. The van der Waals surface area contributed by atoms with Gasteiger partial charge in [-0.25, -0.2) is 4.98 Å². The number of rotatable bonds is 6. The molecule has 2 N–H and O–H groups in total. The first-order valence-corrected chi connectivity index (χ1v) is 11.5. The third kappa shape index (κ3) is 5.31. The molecule has 1 aromatic heterocycles. The van der Waals surface area contributed by atoms with E-state index in [9.17, 15) is 9.59 Å². The van der Waals surface area contributed by atoms with Gasteiger partial charge >= 0.3 is 0 Å². The van der Waals surface area contributed by atoms with Crippen molar-refractivity contribution >= 4 is 55.9 Å². The fourth-order valence-corrected chi connectivity index (χ4v) is 4.81. The molecular formula is C24H21N3O2S2. The lowest BCUT2D eigenvalue weighted by molar-refractivity contribution is -0.113. The molecular weight excluding hydrogens is 426 g/mol. The number of nitrogens with zero attached hydrogens (tertiary/aromatic N) is 1. The molecule has 0 saturated carbocycles. The van der Waals surface area contributed by atoms with Crippen molar-refractivity contribution in [3.63, 3.8) is 0 Å². The molecule has 0 saturated heterocycles. The maximum absolute atomic E-state index is 12.5. The van der Waals surface area contributed by atoms with Crippen molar-refractivity contribution in [1.82, 2.24) is 4.98 Å². The van der Waals surface area contributed by atoms with Crippen LogP contribution in [0.15, 0.2) is 71.6 Å². The maximum atomic E-state index is 12.5. The highest BCUT2D eigenvalue weighted by Crippen LogP contribution is 2.27. The van der Waals surface area contributed by atoms with Gasteiger partial charge in [-0.1, -0.05) is 41.7 Å². The van der Waals surface area contributed by atoms with Gasteiger partial charge in [0.05, 0.1) is 16.0 Å². The van der Waals surface area contributed by atoms with Crippen LogP contribution in [-0.2, 0) is 4.79 Å². The fraction of sp³-hybridized carbons (Fsp3) is 0.125. The molecule has 0 fully saturated rings. The number of hydrogen-bond acceptors (Lipinski definition) is 5. The van der Waals surface area contributed by atoms with Crippen molar-refractivity contribution in [3.8, 4) is 0 Å². The van der Waals surface area contributed by atoms with Crippen LogP contribution in [0.2, 0.25) is 0 Å². The largest absolute Gasteiger partial charge is 0.322 e. The summed E-state index contributed by atoms with van der Waals surface area (Å²) in [6.45, 7) is 3.94. The zero-order chi connectivity index (χ0) is 21.8. The Bertz CT molecular complexity index is 1270. The lowest BCUT2D eigenvalue weighted by atomic mass is 10.1. The van der Waals surface area contributed by atoms with E-state index in [1.807, 2.05) is 68.4 Å². The van der Waals surface area contributed by atoms with Crippen LogP contribution in [-0.4, -0.2) is 22.6 Å². The summed E-state index contributed by atoms with van der Waals surface area (Å²) in [7, 11) is 0.